The number of hydrogen-bond acceptors (Lipinski definition) is 2. The molecule has 23 heavy (non-hydrogen) atoms. The average molecular weight is 312 g/mol. The summed E-state index contributed by atoms with van der Waals surface area (Å²) in [5, 5.41) is 9.61. The van der Waals surface area contributed by atoms with E-state index in [4.69, 9.17) is 4.74 Å². The molecule has 0 saturated heterocycles. The van der Waals surface area contributed by atoms with Crippen molar-refractivity contribution in [3.8, 4) is 5.75 Å². The van der Waals surface area contributed by atoms with Crippen LogP contribution >= 0.6 is 0 Å². The average Bonchev–Trinajstić information content (AvgIpc) is 2.53. The first-order valence-corrected chi connectivity index (χ1v) is 8.03. The van der Waals surface area contributed by atoms with Crippen LogP contribution < -0.4 is 4.74 Å². The third-order valence-corrected chi connectivity index (χ3v) is 3.92. The molecule has 0 amide bonds. The van der Waals surface area contributed by atoms with Gasteiger partial charge in [0, 0.05) is 0 Å². The number of aryl methyl sites for hydroxylation is 2. The lowest BCUT2D eigenvalue weighted by molar-refractivity contribution is -0.138. The van der Waals surface area contributed by atoms with E-state index >= 15 is 0 Å². The van der Waals surface area contributed by atoms with Crippen molar-refractivity contribution in [3.05, 3.63) is 64.7 Å². The fraction of sp³-hybridized carbons (Fsp3) is 0.350. The van der Waals surface area contributed by atoms with Crippen molar-refractivity contribution < 1.29 is 14.6 Å². The monoisotopic (exact) mass is 312 g/mol. The summed E-state index contributed by atoms with van der Waals surface area (Å²) in [6.07, 6.45) is 1.44. The second-order valence-electron chi connectivity index (χ2n) is 5.95. The molecular formula is C20H24O3. The molecular weight excluding hydrogens is 288 g/mol. The molecule has 1 unspecified atom stereocenters. The highest BCUT2D eigenvalue weighted by Gasteiger charge is 2.21. The third-order valence-electron chi connectivity index (χ3n) is 3.92. The fourth-order valence-electron chi connectivity index (χ4n) is 2.57. The molecule has 0 fully saturated rings. The molecule has 0 aliphatic heterocycles. The summed E-state index contributed by atoms with van der Waals surface area (Å²) in [4.78, 5) is 11.7. The molecule has 0 heterocycles. The van der Waals surface area contributed by atoms with E-state index in [1.807, 2.05) is 56.3 Å². The van der Waals surface area contributed by atoms with E-state index in [-0.39, 0.29) is 0 Å². The summed E-state index contributed by atoms with van der Waals surface area (Å²) in [6, 6.07) is 13.7. The van der Waals surface area contributed by atoms with E-state index in [0.29, 0.717) is 13.0 Å². The lowest BCUT2D eigenvalue weighted by atomic mass is 9.91. The molecule has 0 aromatic heterocycles. The standard InChI is InChI=1S/C20H24O3/c1-4-11-23-19-10-9-17(12-15(19)3)18(20(21)22)13-16-7-5-14(2)6-8-16/h5-10,12,18H,4,11,13H2,1-3H3,(H,21,22). The maximum absolute atomic E-state index is 11.7. The molecule has 0 radical (unpaired) electrons. The quantitative estimate of drug-likeness (QED) is 0.818. The van der Waals surface area contributed by atoms with Gasteiger partial charge < -0.3 is 9.84 Å². The van der Waals surface area contributed by atoms with Crippen LogP contribution in [0.25, 0.3) is 0 Å². The summed E-state index contributed by atoms with van der Waals surface area (Å²) >= 11 is 0. The first-order valence-electron chi connectivity index (χ1n) is 8.03. The number of carbonyl (C=O) groups is 1. The van der Waals surface area contributed by atoms with Gasteiger partial charge >= 0.3 is 5.97 Å². The highest BCUT2D eigenvalue weighted by atomic mass is 16.5. The maximum Gasteiger partial charge on any atom is 0.311 e. The van der Waals surface area contributed by atoms with Gasteiger partial charge in [0.15, 0.2) is 0 Å². The van der Waals surface area contributed by atoms with Gasteiger partial charge in [0.05, 0.1) is 12.5 Å². The van der Waals surface area contributed by atoms with E-state index in [1.54, 1.807) is 0 Å². The Labute approximate surface area is 137 Å². The van der Waals surface area contributed by atoms with Crippen LogP contribution in [0.2, 0.25) is 0 Å². The molecule has 3 heteroatoms. The van der Waals surface area contributed by atoms with Crippen LogP contribution in [-0.2, 0) is 11.2 Å². The molecule has 0 aliphatic carbocycles. The zero-order chi connectivity index (χ0) is 16.8. The van der Waals surface area contributed by atoms with Gasteiger partial charge in [0.25, 0.3) is 0 Å². The Kier molecular flexibility index (Phi) is 5.80. The number of benzene rings is 2. The predicted octanol–water partition coefficient (Wildman–Crippen LogP) is 4.50. The Morgan fingerprint density at radius 3 is 2.39 bits per heavy atom. The lowest BCUT2D eigenvalue weighted by Gasteiger charge is -2.16. The van der Waals surface area contributed by atoms with Gasteiger partial charge in [-0.1, -0.05) is 48.9 Å². The molecule has 0 spiro atoms. The van der Waals surface area contributed by atoms with Crippen LogP contribution in [0.4, 0.5) is 0 Å². The Bertz CT molecular complexity index is 659. The normalized spacial score (nSPS) is 12.0. The van der Waals surface area contributed by atoms with Gasteiger partial charge in [-0.3, -0.25) is 4.79 Å². The number of rotatable bonds is 7. The molecule has 0 bridgehead atoms. The smallest absolute Gasteiger partial charge is 0.311 e. The highest BCUT2D eigenvalue weighted by Crippen LogP contribution is 2.27. The van der Waals surface area contributed by atoms with Crippen LogP contribution in [0.15, 0.2) is 42.5 Å². The number of aliphatic carboxylic acids is 1. The van der Waals surface area contributed by atoms with Crippen LogP contribution in [0.1, 0.15) is 41.5 Å². The van der Waals surface area contributed by atoms with Crippen molar-refractivity contribution >= 4 is 5.97 Å². The Morgan fingerprint density at radius 1 is 1.13 bits per heavy atom. The predicted molar refractivity (Wildman–Crippen MR) is 92.2 cm³/mol. The molecule has 3 nitrogen and oxygen atoms in total. The highest BCUT2D eigenvalue weighted by molar-refractivity contribution is 5.76. The fourth-order valence-corrected chi connectivity index (χ4v) is 2.57. The SMILES string of the molecule is CCCOc1ccc(C(Cc2ccc(C)cc2)C(=O)O)cc1C. The van der Waals surface area contributed by atoms with E-state index < -0.39 is 11.9 Å². The second kappa shape index (κ2) is 7.82. The van der Waals surface area contributed by atoms with Crippen molar-refractivity contribution in [2.75, 3.05) is 6.61 Å². The molecule has 2 aromatic carbocycles. The first kappa shape index (κ1) is 17.1. The summed E-state index contributed by atoms with van der Waals surface area (Å²) in [5.41, 5.74) is 4.01. The number of ether oxygens (including phenoxy) is 1. The molecule has 2 aromatic rings. The van der Waals surface area contributed by atoms with Crippen LogP contribution in [0.5, 0.6) is 5.75 Å². The molecule has 2 rings (SSSR count). The summed E-state index contributed by atoms with van der Waals surface area (Å²) in [5.74, 6) is -0.515. The summed E-state index contributed by atoms with van der Waals surface area (Å²) < 4.78 is 5.67. The largest absolute Gasteiger partial charge is 0.493 e. The first-order chi connectivity index (χ1) is 11.0. The lowest BCUT2D eigenvalue weighted by Crippen LogP contribution is -2.15. The number of hydrogen-bond donors (Lipinski definition) is 1. The van der Waals surface area contributed by atoms with Crippen molar-refractivity contribution in [1.29, 1.82) is 0 Å². The summed E-state index contributed by atoms with van der Waals surface area (Å²) in [7, 11) is 0. The maximum atomic E-state index is 11.7. The third kappa shape index (κ3) is 4.59. The van der Waals surface area contributed by atoms with Gasteiger partial charge in [-0.15, -0.1) is 0 Å². The minimum atomic E-state index is -0.799. The number of carboxylic acid groups (broad SMARTS) is 1. The molecule has 122 valence electrons. The Hall–Kier alpha value is -2.29. The molecule has 0 aliphatic rings. The summed E-state index contributed by atoms with van der Waals surface area (Å²) in [6.45, 7) is 6.72. The minimum Gasteiger partial charge on any atom is -0.493 e. The van der Waals surface area contributed by atoms with Crippen molar-refractivity contribution in [3.63, 3.8) is 0 Å². The Morgan fingerprint density at radius 2 is 1.83 bits per heavy atom. The van der Waals surface area contributed by atoms with Crippen molar-refractivity contribution in [2.45, 2.75) is 39.5 Å². The Balaban J connectivity index is 2.22. The number of carboxylic acids is 1. The molecule has 0 saturated carbocycles. The van der Waals surface area contributed by atoms with Crippen molar-refractivity contribution in [2.24, 2.45) is 0 Å². The van der Waals surface area contributed by atoms with E-state index in [2.05, 4.69) is 6.92 Å². The van der Waals surface area contributed by atoms with Crippen LogP contribution in [0, 0.1) is 13.8 Å². The zero-order valence-corrected chi connectivity index (χ0v) is 14.0. The van der Waals surface area contributed by atoms with Gasteiger partial charge in [-0.25, -0.2) is 0 Å². The van der Waals surface area contributed by atoms with Gasteiger partial charge in [-0.05, 0) is 49.4 Å². The van der Waals surface area contributed by atoms with Gasteiger partial charge in [0.2, 0.25) is 0 Å². The van der Waals surface area contributed by atoms with Crippen LogP contribution in [-0.4, -0.2) is 17.7 Å². The van der Waals surface area contributed by atoms with Crippen LogP contribution in [0.3, 0.4) is 0 Å². The molecule has 1 atom stereocenters. The van der Waals surface area contributed by atoms with E-state index in [0.717, 1.165) is 28.9 Å². The van der Waals surface area contributed by atoms with Crippen molar-refractivity contribution in [1.82, 2.24) is 0 Å². The van der Waals surface area contributed by atoms with E-state index in [9.17, 15) is 9.90 Å². The molecule has 1 N–H and O–H groups in total. The van der Waals surface area contributed by atoms with Gasteiger partial charge in [-0.2, -0.15) is 0 Å². The zero-order valence-electron chi connectivity index (χ0n) is 14.0. The minimum absolute atomic E-state index is 0.490. The topological polar surface area (TPSA) is 46.5 Å². The van der Waals surface area contributed by atoms with Gasteiger partial charge in [0.1, 0.15) is 5.75 Å². The second-order valence-corrected chi connectivity index (χ2v) is 5.95. The van der Waals surface area contributed by atoms with E-state index in [1.165, 1.54) is 5.56 Å².